The number of unbranched alkanes of at least 4 members (excludes halogenated alkanes) is 1. The summed E-state index contributed by atoms with van der Waals surface area (Å²) in [6, 6.07) is 22.8. The number of ether oxygens (including phenoxy) is 1. The van der Waals surface area contributed by atoms with E-state index < -0.39 is 89.9 Å². The fraction of sp³-hybridized carbons (Fsp3) is 0.463. The van der Waals surface area contributed by atoms with Gasteiger partial charge in [-0.25, -0.2) is 4.98 Å². The molecule has 3 aliphatic heterocycles. The second kappa shape index (κ2) is 28.8. The lowest BCUT2D eigenvalue weighted by Crippen LogP contribution is -2.54. The Balaban J connectivity index is 0.818. The summed E-state index contributed by atoms with van der Waals surface area (Å²) in [5.41, 5.74) is 8.78. The van der Waals surface area contributed by atoms with E-state index in [1.54, 1.807) is 23.8 Å². The second-order valence-electron chi connectivity index (χ2n) is 25.1. The van der Waals surface area contributed by atoms with E-state index in [9.17, 15) is 61.8 Å². The highest BCUT2D eigenvalue weighted by atomic mass is 32.1. The van der Waals surface area contributed by atoms with E-state index in [2.05, 4.69) is 15.6 Å². The maximum atomic E-state index is 14.6. The van der Waals surface area contributed by atoms with Gasteiger partial charge in [0.1, 0.15) is 17.9 Å². The Morgan fingerprint density at radius 1 is 0.899 bits per heavy atom. The molecule has 0 spiro atoms. The van der Waals surface area contributed by atoms with Crippen LogP contribution < -0.4 is 21.3 Å². The molecule has 0 aliphatic carbocycles. The number of anilines is 1. The van der Waals surface area contributed by atoms with Gasteiger partial charge in [0, 0.05) is 62.5 Å². The van der Waals surface area contributed by atoms with Gasteiger partial charge >= 0.3 is 13.3 Å². The predicted molar refractivity (Wildman–Crippen MR) is 335 cm³/mol. The number of para-hydroxylation sites is 1. The van der Waals surface area contributed by atoms with Crippen LogP contribution in [0.25, 0.3) is 16.0 Å². The zero-order valence-corrected chi connectivity index (χ0v) is 53.1. The van der Waals surface area contributed by atoms with Gasteiger partial charge in [0.05, 0.1) is 52.7 Å². The number of Topliss-reactive ketones (excluding diaryl/α,β-unsaturated/α-hetero) is 1. The summed E-state index contributed by atoms with van der Waals surface area (Å²) in [6.45, 7) is 13.0. The molecule has 8 rings (SSSR count). The number of carbonyl (C=O) groups is 7. The number of rotatable bonds is 27. The van der Waals surface area contributed by atoms with Crippen LogP contribution in [-0.2, 0) is 74.4 Å². The Labute approximate surface area is 522 Å². The maximum Gasteiger partial charge on any atom is 0.399 e. The van der Waals surface area contributed by atoms with Crippen molar-refractivity contribution in [3.8, 4) is 10.4 Å². The summed E-state index contributed by atoms with van der Waals surface area (Å²) >= 11 is 1.56. The van der Waals surface area contributed by atoms with Crippen molar-refractivity contribution in [2.75, 3.05) is 11.4 Å². The number of allylic oxidation sites excluding steroid dienone is 2. The molecule has 4 heterocycles. The van der Waals surface area contributed by atoms with Gasteiger partial charge in [-0.1, -0.05) is 106 Å². The predicted octanol–water partition coefficient (Wildman–Crippen LogP) is 9.76. The Kier molecular flexibility index (Phi) is 21.9. The second-order valence-corrected chi connectivity index (χ2v) is 27.6. The molecule has 0 saturated carbocycles. The molecular weight excluding hydrogens is 1180 g/mol. The van der Waals surface area contributed by atoms with E-state index in [0.717, 1.165) is 56.1 Å². The van der Waals surface area contributed by atoms with E-state index in [1.165, 1.54) is 34.9 Å². The number of hydrogen-bond donors (Lipinski definition) is 6. The zero-order chi connectivity index (χ0) is 64.7. The van der Waals surface area contributed by atoms with Crippen molar-refractivity contribution in [1.29, 1.82) is 0 Å². The number of carbonyl (C=O) groups excluding carboxylic acids is 7. The third kappa shape index (κ3) is 16.6. The number of alkyl halides is 2. The molecule has 89 heavy (non-hydrogen) atoms. The molecule has 1 fully saturated rings. The maximum absolute atomic E-state index is 14.6. The third-order valence-corrected chi connectivity index (χ3v) is 19.4. The zero-order valence-electron chi connectivity index (χ0n) is 51.4. The number of β-amino-alcohol motifs (C(OH)–C–C–N with tert-alkyl or cyclic N) is 1. The lowest BCUT2D eigenvalue weighted by molar-refractivity contribution is -0.146. The van der Waals surface area contributed by atoms with Crippen molar-refractivity contribution in [2.45, 2.75) is 174 Å². The molecule has 22 heteroatoms. The molecule has 18 nitrogen and oxygen atoms in total. The quantitative estimate of drug-likeness (QED) is 0.0162. The number of ketones is 2. The molecule has 3 aliphatic rings. The van der Waals surface area contributed by atoms with Crippen LogP contribution in [0.4, 0.5) is 14.5 Å². The average Bonchev–Trinajstić information content (AvgIpc) is 1.69. The molecular formula is C67H81F2N6O12PS. The fourth-order valence-electron chi connectivity index (χ4n) is 12.1. The van der Waals surface area contributed by atoms with E-state index in [0.29, 0.717) is 31.4 Å². The lowest BCUT2D eigenvalue weighted by atomic mass is 9.76. The van der Waals surface area contributed by atoms with Crippen LogP contribution in [0.2, 0.25) is 0 Å². The van der Waals surface area contributed by atoms with Gasteiger partial charge in [0.25, 0.3) is 0 Å². The van der Waals surface area contributed by atoms with Crippen LogP contribution in [0.1, 0.15) is 150 Å². The molecule has 7 N–H and O–H groups in total. The summed E-state index contributed by atoms with van der Waals surface area (Å²) in [5, 5.41) is 16.9. The normalized spacial score (nSPS) is 19.2. The summed E-state index contributed by atoms with van der Waals surface area (Å²) in [4.78, 5) is 123. The van der Waals surface area contributed by atoms with Crippen LogP contribution in [0.15, 0.2) is 103 Å². The van der Waals surface area contributed by atoms with Gasteiger partial charge in [-0.05, 0) is 128 Å². The van der Waals surface area contributed by atoms with Crippen molar-refractivity contribution in [3.05, 3.63) is 147 Å². The van der Waals surface area contributed by atoms with Crippen molar-refractivity contribution in [2.24, 2.45) is 23.0 Å². The molecule has 5 amide bonds. The summed E-state index contributed by atoms with van der Waals surface area (Å²) in [5.74, 6) is -4.29. The minimum absolute atomic E-state index is 0.00121. The first-order valence-corrected chi connectivity index (χ1v) is 32.8. The number of aryl methyl sites for hydroxylation is 3. The van der Waals surface area contributed by atoms with Gasteiger partial charge in [0.15, 0.2) is 5.78 Å². The minimum Gasteiger partial charge on any atom is -0.391 e. The number of aliphatic hydroxyl groups excluding tert-OH is 1. The van der Waals surface area contributed by atoms with Crippen LogP contribution in [0.5, 0.6) is 0 Å². The Morgan fingerprint density at radius 2 is 1.57 bits per heavy atom. The summed E-state index contributed by atoms with van der Waals surface area (Å²) < 4.78 is 47.0. The number of aliphatic hydroxyl groups is 1. The average molecular weight is 1260 g/mol. The lowest BCUT2D eigenvalue weighted by Gasteiger charge is -2.35. The number of benzene rings is 4. The van der Waals surface area contributed by atoms with Crippen molar-refractivity contribution in [1.82, 2.24) is 20.5 Å². The molecule has 1 aromatic heterocycles. The molecule has 476 valence electrons. The molecule has 5 aromatic rings. The van der Waals surface area contributed by atoms with Gasteiger partial charge < -0.3 is 40.9 Å². The topological polar surface area (TPSA) is 276 Å². The van der Waals surface area contributed by atoms with Gasteiger partial charge in [-0.2, -0.15) is 8.78 Å². The number of nitrogens with two attached hydrogens (primary N) is 1. The van der Waals surface area contributed by atoms with Gasteiger partial charge in [0.2, 0.25) is 29.5 Å². The first kappa shape index (κ1) is 67.8. The van der Waals surface area contributed by atoms with E-state index >= 15 is 0 Å². The number of nitrogens with one attached hydrogen (secondary N) is 2. The number of thiazole rings is 1. The molecule has 0 bridgehead atoms. The highest BCUT2D eigenvalue weighted by Gasteiger charge is 2.51. The van der Waals surface area contributed by atoms with Crippen LogP contribution in [0, 0.1) is 24.2 Å². The molecule has 0 radical (unpaired) electrons. The van der Waals surface area contributed by atoms with Crippen LogP contribution in [0.3, 0.4) is 0 Å². The number of halogens is 2. The molecule has 8 atom stereocenters. The number of aromatic nitrogens is 1. The monoisotopic (exact) mass is 1260 g/mol. The van der Waals surface area contributed by atoms with Crippen molar-refractivity contribution < 1.29 is 66.5 Å². The fourth-order valence-corrected chi connectivity index (χ4v) is 13.4. The standard InChI is InChI=1S/C67H81F2N6O12PS/c1-39(48-14-11-16-51(31-48)67(68,69)88(84,85)86)30-53(77)32-50-27-24-46-13-10-15-49-33-58(75(60(46)49)64(50)82)63(81)73-56(28-29-59(70)79)42(4)87-37-44-20-18-43(19-21-44)12-8-9-17-52(76)34-55(66(5,6)7)65(83)74-36-54(78)35-57(74)62(80)72-40(2)45-22-25-47(26-23-45)61-41(3)71-38-89-61/h10-11,13-16,18-23,25-26,30-31,38,40,42,50,54-58,78H,8-9,12,17,24,27-29,32-37H2,1-7H3,(H2,70,79)(H,72,80)(H,73,81)(H2,84,85,86)/b39-30+/t40-,42+,50+,54+,55+,56-,57-,58-/m0/s1. The number of nitrogens with zero attached hydrogens (tertiary/aromatic N) is 3. The van der Waals surface area contributed by atoms with E-state index in [-0.39, 0.29) is 99.3 Å². The van der Waals surface area contributed by atoms with Crippen molar-refractivity contribution >= 4 is 71.3 Å². The Hall–Kier alpha value is -7.13. The number of hydrogen-bond acceptors (Lipinski definition) is 12. The molecule has 4 aromatic carbocycles. The van der Waals surface area contributed by atoms with Gasteiger partial charge in [-0.15, -0.1) is 11.3 Å². The van der Waals surface area contributed by atoms with E-state index in [1.807, 2.05) is 101 Å². The van der Waals surface area contributed by atoms with Crippen molar-refractivity contribution in [3.63, 3.8) is 0 Å². The number of amides is 5. The number of primary amides is 1. The van der Waals surface area contributed by atoms with Crippen LogP contribution >= 0.6 is 18.9 Å². The van der Waals surface area contributed by atoms with Crippen LogP contribution in [-0.4, -0.2) is 103 Å². The highest BCUT2D eigenvalue weighted by Crippen LogP contribution is 2.59. The minimum atomic E-state index is -5.85. The smallest absolute Gasteiger partial charge is 0.391 e. The largest absolute Gasteiger partial charge is 0.399 e. The Bertz CT molecular complexity index is 3510. The summed E-state index contributed by atoms with van der Waals surface area (Å²) in [6.07, 6.45) is 2.81. The molecule has 0 unspecified atom stereocenters. The summed E-state index contributed by atoms with van der Waals surface area (Å²) in [7, 11) is -5.85. The Morgan fingerprint density at radius 3 is 2.24 bits per heavy atom. The van der Waals surface area contributed by atoms with E-state index in [4.69, 9.17) is 10.5 Å². The van der Waals surface area contributed by atoms with Gasteiger partial charge in [-0.3, -0.25) is 43.0 Å². The first-order valence-electron chi connectivity index (χ1n) is 30.3. The highest BCUT2D eigenvalue weighted by molar-refractivity contribution is 7.52. The SMILES string of the molecule is C/C(=C\C(=O)C[C@H]1CCc2cccc3c2N(C1=O)[C@H](C(=O)N[C@@H](CCC(N)=O)[C@@H](C)OCc1ccc(CCCCC(=O)C[C@H](C(=O)N2C[C@H](O)C[C@H]2C(=O)N[C@@H](C)c2ccc(-c4scnc4C)cc2)C(C)(C)C)cc1)C3)c1cccc(C(F)(F)P(=O)(O)O)c1. The first-order chi connectivity index (χ1) is 42.0. The number of likely N-dealkylation sites (tertiary alicyclic amines) is 1. The molecule has 1 saturated heterocycles. The third-order valence-electron chi connectivity index (χ3n) is 17.4.